The second kappa shape index (κ2) is 8.42. The molecule has 4 rings (SSSR count). The van der Waals surface area contributed by atoms with Gasteiger partial charge in [-0.15, -0.1) is 4.68 Å². The lowest BCUT2D eigenvalue weighted by Crippen LogP contribution is -2.13. The standard InChI is InChI=1S/C22H21N7O3/c1-12-7-16(10-23-9-12)21(30)26-17-6-4-5-15(8-17)13(2)25-18-11-24-20-19(27-18)14(3)28-29(20)22(31)32/h4-11,13H,1-3H3,(H,25,27)(H,26,30)(H,31,32). The molecule has 0 saturated heterocycles. The van der Waals surface area contributed by atoms with Crippen LogP contribution in [0.15, 0.2) is 48.9 Å². The van der Waals surface area contributed by atoms with Gasteiger partial charge in [0, 0.05) is 18.1 Å². The molecule has 0 spiro atoms. The first-order chi connectivity index (χ1) is 15.3. The quantitative estimate of drug-likeness (QED) is 0.434. The first-order valence-electron chi connectivity index (χ1n) is 9.87. The molecule has 10 heteroatoms. The number of carboxylic acid groups (broad SMARTS) is 1. The second-order valence-corrected chi connectivity index (χ2v) is 7.40. The van der Waals surface area contributed by atoms with E-state index < -0.39 is 6.09 Å². The van der Waals surface area contributed by atoms with Gasteiger partial charge in [-0.05, 0) is 50.1 Å². The van der Waals surface area contributed by atoms with E-state index in [0.717, 1.165) is 15.8 Å². The summed E-state index contributed by atoms with van der Waals surface area (Å²) in [4.78, 5) is 36.5. The van der Waals surface area contributed by atoms with Gasteiger partial charge < -0.3 is 15.7 Å². The third-order valence-electron chi connectivity index (χ3n) is 4.87. The zero-order valence-electron chi connectivity index (χ0n) is 17.7. The van der Waals surface area contributed by atoms with Crippen LogP contribution in [0, 0.1) is 13.8 Å². The molecule has 0 aliphatic carbocycles. The Labute approximate surface area is 183 Å². The van der Waals surface area contributed by atoms with E-state index in [1.165, 1.54) is 12.4 Å². The number of amides is 1. The maximum Gasteiger partial charge on any atom is 0.434 e. The van der Waals surface area contributed by atoms with Crippen molar-refractivity contribution in [3.05, 3.63) is 71.3 Å². The zero-order valence-corrected chi connectivity index (χ0v) is 17.7. The normalized spacial score (nSPS) is 11.8. The van der Waals surface area contributed by atoms with Crippen LogP contribution in [0.2, 0.25) is 0 Å². The second-order valence-electron chi connectivity index (χ2n) is 7.40. The van der Waals surface area contributed by atoms with E-state index in [1.807, 2.05) is 38.1 Å². The Bertz CT molecular complexity index is 1330. The lowest BCUT2D eigenvalue weighted by molar-refractivity contribution is 0.102. The van der Waals surface area contributed by atoms with Crippen molar-refractivity contribution in [2.45, 2.75) is 26.8 Å². The first-order valence-corrected chi connectivity index (χ1v) is 9.87. The van der Waals surface area contributed by atoms with Gasteiger partial charge in [0.2, 0.25) is 0 Å². The average Bonchev–Trinajstić information content (AvgIpc) is 3.10. The van der Waals surface area contributed by atoms with E-state index in [4.69, 9.17) is 0 Å². The monoisotopic (exact) mass is 431 g/mol. The summed E-state index contributed by atoms with van der Waals surface area (Å²) >= 11 is 0. The van der Waals surface area contributed by atoms with E-state index in [-0.39, 0.29) is 17.6 Å². The van der Waals surface area contributed by atoms with Gasteiger partial charge >= 0.3 is 6.09 Å². The van der Waals surface area contributed by atoms with E-state index >= 15 is 0 Å². The van der Waals surface area contributed by atoms with Gasteiger partial charge in [0.1, 0.15) is 11.3 Å². The number of carbonyl (C=O) groups is 2. The summed E-state index contributed by atoms with van der Waals surface area (Å²) in [6.07, 6.45) is 3.47. The van der Waals surface area contributed by atoms with Crippen LogP contribution < -0.4 is 10.6 Å². The Morgan fingerprint density at radius 2 is 1.94 bits per heavy atom. The molecule has 1 unspecified atom stereocenters. The summed E-state index contributed by atoms with van der Waals surface area (Å²) < 4.78 is 0.806. The summed E-state index contributed by atoms with van der Waals surface area (Å²) in [7, 11) is 0. The predicted octanol–water partition coefficient (Wildman–Crippen LogP) is 3.79. The molecule has 1 atom stereocenters. The average molecular weight is 431 g/mol. The van der Waals surface area contributed by atoms with Crippen LogP contribution in [0.5, 0.6) is 0 Å². The number of benzene rings is 1. The van der Waals surface area contributed by atoms with Crippen LogP contribution in [0.1, 0.15) is 40.1 Å². The van der Waals surface area contributed by atoms with E-state index in [1.54, 1.807) is 19.2 Å². The molecular formula is C22H21N7O3. The van der Waals surface area contributed by atoms with Crippen molar-refractivity contribution in [2.24, 2.45) is 0 Å². The number of fused-ring (bicyclic) bond motifs is 1. The van der Waals surface area contributed by atoms with Crippen LogP contribution in [0.3, 0.4) is 0 Å². The Hall–Kier alpha value is -4.34. The van der Waals surface area contributed by atoms with Gasteiger partial charge in [0.25, 0.3) is 5.91 Å². The van der Waals surface area contributed by atoms with E-state index in [9.17, 15) is 14.7 Å². The highest BCUT2D eigenvalue weighted by Gasteiger charge is 2.16. The maximum atomic E-state index is 12.5. The summed E-state index contributed by atoms with van der Waals surface area (Å²) in [5.74, 6) is 0.250. The largest absolute Gasteiger partial charge is 0.463 e. The lowest BCUT2D eigenvalue weighted by Gasteiger charge is -2.16. The molecule has 0 bridgehead atoms. The number of nitrogens with one attached hydrogen (secondary N) is 2. The number of hydrogen-bond donors (Lipinski definition) is 3. The number of rotatable bonds is 5. The summed E-state index contributed by atoms with van der Waals surface area (Å²) in [5, 5.41) is 19.3. The number of aryl methyl sites for hydroxylation is 2. The van der Waals surface area contributed by atoms with Crippen molar-refractivity contribution >= 4 is 34.7 Å². The fraction of sp³-hybridized carbons (Fsp3) is 0.182. The van der Waals surface area contributed by atoms with Gasteiger partial charge in [-0.3, -0.25) is 9.78 Å². The highest BCUT2D eigenvalue weighted by Crippen LogP contribution is 2.23. The summed E-state index contributed by atoms with van der Waals surface area (Å²) in [6, 6.07) is 9.09. The smallest absolute Gasteiger partial charge is 0.434 e. The maximum absolute atomic E-state index is 12.5. The molecule has 32 heavy (non-hydrogen) atoms. The Morgan fingerprint density at radius 3 is 2.69 bits per heavy atom. The van der Waals surface area contributed by atoms with Gasteiger partial charge in [0.15, 0.2) is 5.65 Å². The molecule has 0 aliphatic heterocycles. The number of aromatic nitrogens is 5. The van der Waals surface area contributed by atoms with Crippen molar-refractivity contribution in [3.63, 3.8) is 0 Å². The minimum atomic E-state index is -1.22. The number of anilines is 2. The number of nitrogens with zero attached hydrogens (tertiary/aromatic N) is 5. The third kappa shape index (κ3) is 4.24. The number of hydrogen-bond acceptors (Lipinski definition) is 7. The third-order valence-corrected chi connectivity index (χ3v) is 4.87. The molecule has 1 amide bonds. The van der Waals surface area contributed by atoms with Crippen molar-refractivity contribution < 1.29 is 14.7 Å². The van der Waals surface area contributed by atoms with Gasteiger partial charge in [-0.25, -0.2) is 14.8 Å². The Balaban J connectivity index is 1.51. The Kier molecular flexibility index (Phi) is 5.50. The fourth-order valence-corrected chi connectivity index (χ4v) is 3.30. The molecule has 3 N–H and O–H groups in total. The van der Waals surface area contributed by atoms with Crippen LogP contribution in [-0.2, 0) is 0 Å². The molecule has 162 valence electrons. The van der Waals surface area contributed by atoms with Crippen LogP contribution in [0.25, 0.3) is 11.2 Å². The molecular weight excluding hydrogens is 410 g/mol. The predicted molar refractivity (Wildman–Crippen MR) is 119 cm³/mol. The van der Waals surface area contributed by atoms with Crippen LogP contribution in [0.4, 0.5) is 16.3 Å². The SMILES string of the molecule is Cc1cncc(C(=O)Nc2cccc(C(C)Nc3cnc4c(n3)c(C)nn4C(=O)O)c2)c1. The minimum Gasteiger partial charge on any atom is -0.463 e. The molecule has 10 nitrogen and oxygen atoms in total. The van der Waals surface area contributed by atoms with E-state index in [2.05, 4.69) is 30.7 Å². The molecule has 4 aromatic rings. The van der Waals surface area contributed by atoms with Gasteiger partial charge in [0.05, 0.1) is 23.5 Å². The molecule has 0 radical (unpaired) electrons. The zero-order chi connectivity index (χ0) is 22.8. The first kappa shape index (κ1) is 20.9. The summed E-state index contributed by atoms with van der Waals surface area (Å²) in [6.45, 7) is 5.51. The highest BCUT2D eigenvalue weighted by atomic mass is 16.4. The fourth-order valence-electron chi connectivity index (χ4n) is 3.30. The molecule has 3 aromatic heterocycles. The molecule has 0 fully saturated rings. The van der Waals surface area contributed by atoms with Crippen LogP contribution >= 0.6 is 0 Å². The van der Waals surface area contributed by atoms with E-state index in [0.29, 0.717) is 28.3 Å². The Morgan fingerprint density at radius 1 is 1.12 bits per heavy atom. The molecule has 1 aromatic carbocycles. The number of pyridine rings is 1. The number of carbonyl (C=O) groups excluding carboxylic acids is 1. The van der Waals surface area contributed by atoms with Crippen molar-refractivity contribution in [1.29, 1.82) is 0 Å². The molecule has 0 aliphatic rings. The highest BCUT2D eigenvalue weighted by molar-refractivity contribution is 6.04. The molecule has 3 heterocycles. The minimum absolute atomic E-state index is 0.158. The van der Waals surface area contributed by atoms with Crippen LogP contribution in [-0.4, -0.2) is 41.8 Å². The summed E-state index contributed by atoms with van der Waals surface area (Å²) in [5.41, 5.74) is 4.05. The lowest BCUT2D eigenvalue weighted by atomic mass is 10.1. The topological polar surface area (TPSA) is 135 Å². The molecule has 0 saturated carbocycles. The van der Waals surface area contributed by atoms with Gasteiger partial charge in [-0.1, -0.05) is 12.1 Å². The van der Waals surface area contributed by atoms with Gasteiger partial charge in [-0.2, -0.15) is 5.10 Å². The van der Waals surface area contributed by atoms with Crippen molar-refractivity contribution in [3.8, 4) is 0 Å². The van der Waals surface area contributed by atoms with Crippen molar-refractivity contribution in [1.82, 2.24) is 24.7 Å². The van der Waals surface area contributed by atoms with Crippen molar-refractivity contribution in [2.75, 3.05) is 10.6 Å².